The lowest BCUT2D eigenvalue weighted by atomic mass is 9.98. The molecule has 0 saturated carbocycles. The van der Waals surface area contributed by atoms with Gasteiger partial charge in [-0.25, -0.2) is 19.3 Å². The lowest BCUT2D eigenvalue weighted by molar-refractivity contribution is 0.560. The number of fused-ring (bicyclic) bond motifs is 1. The predicted octanol–water partition coefficient (Wildman–Crippen LogP) is 4.62. The van der Waals surface area contributed by atoms with Crippen LogP contribution < -0.4 is 11.3 Å². The van der Waals surface area contributed by atoms with Crippen LogP contribution in [0.1, 0.15) is 43.6 Å². The number of rotatable bonds is 5. The summed E-state index contributed by atoms with van der Waals surface area (Å²) < 4.78 is 3.29. The van der Waals surface area contributed by atoms with E-state index in [2.05, 4.69) is 20.2 Å². The predicted molar refractivity (Wildman–Crippen MR) is 139 cm³/mol. The van der Waals surface area contributed by atoms with E-state index in [0.717, 1.165) is 27.8 Å². The van der Waals surface area contributed by atoms with E-state index >= 15 is 0 Å². The highest BCUT2D eigenvalue weighted by Gasteiger charge is 2.23. The standard InChI is InChI=1S/C25H23N7O.C2H6/c1-16-21-23(26)27-15-28-24(21)32(30-16)17(2)20-13-29-31(14-18-9-5-3-6-10-18)25(33)22(20)19-11-7-4-8-12-19;1-2/h3-13,15,17H,14H2,1-2H3,(H2,26,27,28);1-2H3. The first-order valence-electron chi connectivity index (χ1n) is 11.7. The van der Waals surface area contributed by atoms with Crippen LogP contribution in [0.25, 0.3) is 22.2 Å². The quantitative estimate of drug-likeness (QED) is 0.404. The van der Waals surface area contributed by atoms with Crippen molar-refractivity contribution in [3.8, 4) is 11.1 Å². The summed E-state index contributed by atoms with van der Waals surface area (Å²) in [5.41, 5.74) is 10.5. The minimum Gasteiger partial charge on any atom is -0.383 e. The molecule has 1 unspecified atom stereocenters. The molecule has 1 atom stereocenters. The molecule has 8 heteroatoms. The number of nitrogens with two attached hydrogens (primary N) is 1. The maximum absolute atomic E-state index is 13.7. The zero-order valence-electron chi connectivity index (χ0n) is 20.4. The smallest absolute Gasteiger partial charge is 0.275 e. The SMILES string of the molecule is CC.Cc1nn(C(C)c2cnn(Cc3ccccc3)c(=O)c2-c2ccccc2)c2ncnc(N)c12. The molecule has 0 bridgehead atoms. The average molecular weight is 468 g/mol. The fourth-order valence-corrected chi connectivity index (χ4v) is 4.15. The second-order valence-electron chi connectivity index (χ2n) is 7.95. The molecule has 0 amide bonds. The monoisotopic (exact) mass is 467 g/mol. The molecular formula is C27H29N7O. The van der Waals surface area contributed by atoms with Gasteiger partial charge in [-0.2, -0.15) is 10.2 Å². The molecule has 0 radical (unpaired) electrons. The Bertz CT molecular complexity index is 1490. The molecular weight excluding hydrogens is 438 g/mol. The fraction of sp³-hybridized carbons (Fsp3) is 0.222. The third-order valence-corrected chi connectivity index (χ3v) is 5.82. The Morgan fingerprint density at radius 1 is 0.971 bits per heavy atom. The molecule has 5 aromatic rings. The highest BCUT2D eigenvalue weighted by Crippen LogP contribution is 2.30. The van der Waals surface area contributed by atoms with Crippen LogP contribution in [0.3, 0.4) is 0 Å². The van der Waals surface area contributed by atoms with Crippen LogP contribution in [0.4, 0.5) is 5.82 Å². The number of aryl methyl sites for hydroxylation is 1. The Labute approximate surface area is 204 Å². The van der Waals surface area contributed by atoms with Gasteiger partial charge < -0.3 is 5.73 Å². The van der Waals surface area contributed by atoms with E-state index in [-0.39, 0.29) is 11.6 Å². The van der Waals surface area contributed by atoms with E-state index in [1.54, 1.807) is 10.9 Å². The first kappa shape index (κ1) is 23.8. The van der Waals surface area contributed by atoms with Crippen molar-refractivity contribution >= 4 is 16.9 Å². The largest absolute Gasteiger partial charge is 0.383 e. The molecule has 2 N–H and O–H groups in total. The van der Waals surface area contributed by atoms with Crippen molar-refractivity contribution in [2.75, 3.05) is 5.73 Å². The summed E-state index contributed by atoms with van der Waals surface area (Å²) in [5.74, 6) is 0.385. The summed E-state index contributed by atoms with van der Waals surface area (Å²) in [6.07, 6.45) is 3.18. The van der Waals surface area contributed by atoms with Crippen molar-refractivity contribution in [3.05, 3.63) is 100 Å². The second-order valence-corrected chi connectivity index (χ2v) is 7.95. The fourth-order valence-electron chi connectivity index (χ4n) is 4.15. The molecule has 3 aromatic heterocycles. The molecule has 35 heavy (non-hydrogen) atoms. The third-order valence-electron chi connectivity index (χ3n) is 5.82. The van der Waals surface area contributed by atoms with Crippen LogP contribution >= 0.6 is 0 Å². The Hall–Kier alpha value is -4.33. The maximum atomic E-state index is 13.7. The summed E-state index contributed by atoms with van der Waals surface area (Å²) >= 11 is 0. The minimum atomic E-state index is -0.308. The van der Waals surface area contributed by atoms with Gasteiger partial charge in [0.15, 0.2) is 5.65 Å². The summed E-state index contributed by atoms with van der Waals surface area (Å²) in [7, 11) is 0. The third kappa shape index (κ3) is 4.55. The number of nitrogens with zero attached hydrogens (tertiary/aromatic N) is 6. The normalized spacial score (nSPS) is 11.7. The van der Waals surface area contributed by atoms with Crippen LogP contribution in [0, 0.1) is 6.92 Å². The van der Waals surface area contributed by atoms with Crippen molar-refractivity contribution in [1.29, 1.82) is 0 Å². The van der Waals surface area contributed by atoms with Gasteiger partial charge >= 0.3 is 0 Å². The van der Waals surface area contributed by atoms with Gasteiger partial charge in [0.2, 0.25) is 0 Å². The number of nitrogen functional groups attached to an aromatic ring is 1. The first-order valence-corrected chi connectivity index (χ1v) is 11.7. The maximum Gasteiger partial charge on any atom is 0.275 e. The number of aromatic nitrogens is 6. The van der Waals surface area contributed by atoms with Crippen LogP contribution in [0.2, 0.25) is 0 Å². The van der Waals surface area contributed by atoms with E-state index in [4.69, 9.17) is 5.73 Å². The zero-order valence-corrected chi connectivity index (χ0v) is 20.4. The van der Waals surface area contributed by atoms with E-state index in [0.29, 0.717) is 23.6 Å². The molecule has 3 heterocycles. The zero-order chi connectivity index (χ0) is 24.9. The summed E-state index contributed by atoms with van der Waals surface area (Å²) in [6, 6.07) is 19.2. The molecule has 0 aliphatic heterocycles. The van der Waals surface area contributed by atoms with Crippen molar-refractivity contribution in [2.45, 2.75) is 40.3 Å². The highest BCUT2D eigenvalue weighted by atomic mass is 16.1. The first-order chi connectivity index (χ1) is 17.0. The molecule has 5 rings (SSSR count). The van der Waals surface area contributed by atoms with Crippen molar-refractivity contribution < 1.29 is 0 Å². The Balaban J connectivity index is 0.00000141. The summed E-state index contributed by atoms with van der Waals surface area (Å²) in [6.45, 7) is 8.25. The van der Waals surface area contributed by atoms with Gasteiger partial charge in [0.05, 0.1) is 35.4 Å². The number of hydrogen-bond acceptors (Lipinski definition) is 6. The average Bonchev–Trinajstić information content (AvgIpc) is 3.24. The number of hydrogen-bond donors (Lipinski definition) is 1. The van der Waals surface area contributed by atoms with Gasteiger partial charge in [-0.3, -0.25) is 4.79 Å². The molecule has 178 valence electrons. The lowest BCUT2D eigenvalue weighted by Gasteiger charge is -2.18. The molecule has 2 aromatic carbocycles. The van der Waals surface area contributed by atoms with Crippen LogP contribution in [0.15, 0.2) is 78.0 Å². The van der Waals surface area contributed by atoms with Gasteiger partial charge in [-0.1, -0.05) is 74.5 Å². The molecule has 0 saturated heterocycles. The second kappa shape index (κ2) is 10.3. The minimum absolute atomic E-state index is 0.156. The van der Waals surface area contributed by atoms with Crippen LogP contribution in [-0.2, 0) is 6.54 Å². The molecule has 0 aliphatic rings. The Kier molecular flexibility index (Phi) is 7.01. The van der Waals surface area contributed by atoms with Crippen molar-refractivity contribution in [2.24, 2.45) is 0 Å². The van der Waals surface area contributed by atoms with Crippen LogP contribution in [-0.4, -0.2) is 29.5 Å². The van der Waals surface area contributed by atoms with Gasteiger partial charge in [-0.15, -0.1) is 0 Å². The van der Waals surface area contributed by atoms with Crippen LogP contribution in [0.5, 0.6) is 0 Å². The molecule has 8 nitrogen and oxygen atoms in total. The van der Waals surface area contributed by atoms with E-state index < -0.39 is 0 Å². The van der Waals surface area contributed by atoms with E-state index in [1.807, 2.05) is 88.4 Å². The number of benzene rings is 2. The van der Waals surface area contributed by atoms with E-state index in [1.165, 1.54) is 11.0 Å². The molecule has 0 aliphatic carbocycles. The summed E-state index contributed by atoms with van der Waals surface area (Å²) in [5, 5.41) is 9.91. The van der Waals surface area contributed by atoms with Gasteiger partial charge in [0.25, 0.3) is 5.56 Å². The van der Waals surface area contributed by atoms with Gasteiger partial charge in [0, 0.05) is 5.56 Å². The highest BCUT2D eigenvalue weighted by molar-refractivity contribution is 5.88. The van der Waals surface area contributed by atoms with Gasteiger partial charge in [-0.05, 0) is 25.0 Å². The lowest BCUT2D eigenvalue weighted by Crippen LogP contribution is -2.27. The molecule has 0 fully saturated rings. The van der Waals surface area contributed by atoms with E-state index in [9.17, 15) is 4.79 Å². The summed E-state index contributed by atoms with van der Waals surface area (Å²) in [4.78, 5) is 22.2. The van der Waals surface area contributed by atoms with Crippen molar-refractivity contribution in [3.63, 3.8) is 0 Å². The van der Waals surface area contributed by atoms with Crippen molar-refractivity contribution in [1.82, 2.24) is 29.5 Å². The number of anilines is 1. The Morgan fingerprint density at radius 3 is 2.31 bits per heavy atom. The Morgan fingerprint density at radius 2 is 1.63 bits per heavy atom. The van der Waals surface area contributed by atoms with Gasteiger partial charge in [0.1, 0.15) is 12.1 Å². The topological polar surface area (TPSA) is 105 Å². The molecule has 0 spiro atoms.